The summed E-state index contributed by atoms with van der Waals surface area (Å²) in [5.74, 6) is 1.47. The third-order valence-corrected chi connectivity index (χ3v) is 7.09. The lowest BCUT2D eigenvalue weighted by Crippen LogP contribution is -2.35. The topological polar surface area (TPSA) is 82.1 Å². The van der Waals surface area contributed by atoms with E-state index in [1.165, 1.54) is 37.5 Å². The van der Waals surface area contributed by atoms with E-state index in [1.54, 1.807) is 61.7 Å². The molecular formula is C28H31NO6S. The Morgan fingerprint density at radius 3 is 2.22 bits per heavy atom. The van der Waals surface area contributed by atoms with Crippen molar-refractivity contribution >= 4 is 27.7 Å². The monoisotopic (exact) mass is 509 g/mol. The Kier molecular flexibility index (Phi) is 9.13. The van der Waals surface area contributed by atoms with Crippen molar-refractivity contribution in [3.8, 4) is 17.2 Å². The number of hydrogen-bond donors (Lipinski definition) is 0. The molecule has 36 heavy (non-hydrogen) atoms. The van der Waals surface area contributed by atoms with Crippen molar-refractivity contribution in [1.82, 2.24) is 0 Å². The molecule has 0 aliphatic carbocycles. The van der Waals surface area contributed by atoms with Gasteiger partial charge < -0.3 is 14.2 Å². The number of benzene rings is 3. The van der Waals surface area contributed by atoms with Gasteiger partial charge in [-0.2, -0.15) is 4.31 Å². The highest BCUT2D eigenvalue weighted by molar-refractivity contribution is 7.93. The summed E-state index contributed by atoms with van der Waals surface area (Å²) >= 11 is 0. The fraction of sp³-hybridized carbons (Fsp3) is 0.250. The molecule has 7 nitrogen and oxygen atoms in total. The summed E-state index contributed by atoms with van der Waals surface area (Å²) in [7, 11) is -1.11. The fourth-order valence-electron chi connectivity index (χ4n) is 3.35. The minimum atomic E-state index is -4.17. The highest BCUT2D eigenvalue weighted by atomic mass is 32.2. The number of nitrogens with zero attached hydrogens (tertiary/aromatic N) is 1. The molecule has 0 radical (unpaired) electrons. The van der Waals surface area contributed by atoms with Crippen molar-refractivity contribution in [3.63, 3.8) is 0 Å². The van der Waals surface area contributed by atoms with E-state index in [4.69, 9.17) is 14.2 Å². The molecule has 0 saturated heterocycles. The summed E-state index contributed by atoms with van der Waals surface area (Å²) in [6.45, 7) is 4.81. The molecular weight excluding hydrogens is 478 g/mol. The maximum atomic E-state index is 13.4. The van der Waals surface area contributed by atoms with Crippen molar-refractivity contribution in [2.45, 2.75) is 25.2 Å². The molecule has 0 N–H and O–H groups in total. The molecule has 3 rings (SSSR count). The van der Waals surface area contributed by atoms with E-state index in [2.05, 4.69) is 13.8 Å². The van der Waals surface area contributed by atoms with Crippen LogP contribution in [0.3, 0.4) is 0 Å². The van der Waals surface area contributed by atoms with Crippen molar-refractivity contribution in [1.29, 1.82) is 0 Å². The molecule has 190 valence electrons. The van der Waals surface area contributed by atoms with E-state index in [9.17, 15) is 13.2 Å². The van der Waals surface area contributed by atoms with E-state index < -0.39 is 15.9 Å². The van der Waals surface area contributed by atoms with Gasteiger partial charge in [0.1, 0.15) is 5.75 Å². The van der Waals surface area contributed by atoms with Gasteiger partial charge in [-0.25, -0.2) is 8.42 Å². The standard InChI is InChI=1S/C28H31NO6S/c1-21(2)18-19-35-26-16-10-22(20-27(26)34-4)11-17-28(30)29(23-12-14-24(33-3)15-13-23)36(31,32)25-8-6-5-7-9-25/h5-17,20-21H,18-19H2,1-4H3/b17-11+. The third-order valence-electron chi connectivity index (χ3n) is 5.35. The Bertz CT molecular complexity index is 1290. The van der Waals surface area contributed by atoms with Gasteiger partial charge in [0.2, 0.25) is 0 Å². The van der Waals surface area contributed by atoms with Gasteiger partial charge in [0, 0.05) is 6.08 Å². The SMILES string of the molecule is COc1ccc(N(C(=O)/C=C/c2ccc(OCCC(C)C)c(OC)c2)S(=O)(=O)c2ccccc2)cc1. The highest BCUT2D eigenvalue weighted by Crippen LogP contribution is 2.30. The van der Waals surface area contributed by atoms with Crippen molar-refractivity contribution < 1.29 is 27.4 Å². The van der Waals surface area contributed by atoms with Crippen LogP contribution in [0.4, 0.5) is 5.69 Å². The molecule has 3 aromatic rings. The largest absolute Gasteiger partial charge is 0.497 e. The number of rotatable bonds is 11. The van der Waals surface area contributed by atoms with Crippen LogP contribution in [-0.4, -0.2) is 35.2 Å². The molecule has 0 heterocycles. The molecule has 0 aromatic heterocycles. The highest BCUT2D eigenvalue weighted by Gasteiger charge is 2.29. The number of carbonyl (C=O) groups excluding carboxylic acids is 1. The Morgan fingerprint density at radius 1 is 0.917 bits per heavy atom. The summed E-state index contributed by atoms with van der Waals surface area (Å²) in [5.41, 5.74) is 0.851. The van der Waals surface area contributed by atoms with Gasteiger partial charge in [-0.1, -0.05) is 38.1 Å². The maximum absolute atomic E-state index is 13.4. The van der Waals surface area contributed by atoms with Gasteiger partial charge >= 0.3 is 0 Å². The molecule has 0 unspecified atom stereocenters. The smallest absolute Gasteiger partial charge is 0.271 e. The van der Waals surface area contributed by atoms with Crippen LogP contribution >= 0.6 is 0 Å². The van der Waals surface area contributed by atoms with Crippen LogP contribution in [0.5, 0.6) is 17.2 Å². The number of anilines is 1. The molecule has 0 atom stereocenters. The zero-order valence-electron chi connectivity index (χ0n) is 20.9. The van der Waals surface area contributed by atoms with Crippen LogP contribution in [0.15, 0.2) is 83.8 Å². The number of methoxy groups -OCH3 is 2. The Morgan fingerprint density at radius 2 is 1.61 bits per heavy atom. The third kappa shape index (κ3) is 6.66. The lowest BCUT2D eigenvalue weighted by atomic mass is 10.1. The summed E-state index contributed by atoms with van der Waals surface area (Å²) in [4.78, 5) is 13.3. The number of sulfonamides is 1. The van der Waals surface area contributed by atoms with E-state index in [0.717, 1.165) is 10.7 Å². The van der Waals surface area contributed by atoms with Crippen molar-refractivity contribution in [2.75, 3.05) is 25.1 Å². The first-order valence-electron chi connectivity index (χ1n) is 11.5. The minimum Gasteiger partial charge on any atom is -0.497 e. The predicted octanol–water partition coefficient (Wildman–Crippen LogP) is 5.56. The lowest BCUT2D eigenvalue weighted by Gasteiger charge is -2.21. The number of amides is 1. The molecule has 1 amide bonds. The van der Waals surface area contributed by atoms with Gasteiger partial charge in [-0.3, -0.25) is 4.79 Å². The molecule has 8 heteroatoms. The Hall–Kier alpha value is -3.78. The zero-order chi connectivity index (χ0) is 26.1. The second-order valence-corrected chi connectivity index (χ2v) is 10.2. The predicted molar refractivity (Wildman–Crippen MR) is 141 cm³/mol. The molecule has 3 aromatic carbocycles. The van der Waals surface area contributed by atoms with E-state index in [0.29, 0.717) is 35.3 Å². The van der Waals surface area contributed by atoms with Crippen LogP contribution in [0.1, 0.15) is 25.8 Å². The first-order chi connectivity index (χ1) is 17.3. The fourth-order valence-corrected chi connectivity index (χ4v) is 4.76. The van der Waals surface area contributed by atoms with Crippen LogP contribution in [0, 0.1) is 5.92 Å². The molecule has 0 aliphatic rings. The molecule has 0 bridgehead atoms. The van der Waals surface area contributed by atoms with Crippen LogP contribution < -0.4 is 18.5 Å². The maximum Gasteiger partial charge on any atom is 0.271 e. The van der Waals surface area contributed by atoms with Gasteiger partial charge in [-0.15, -0.1) is 0 Å². The summed E-state index contributed by atoms with van der Waals surface area (Å²) < 4.78 is 44.1. The number of hydrogen-bond acceptors (Lipinski definition) is 6. The second-order valence-electron chi connectivity index (χ2n) is 8.39. The van der Waals surface area contributed by atoms with Gasteiger partial charge in [-0.05, 0) is 72.5 Å². The van der Waals surface area contributed by atoms with Crippen LogP contribution in [0.2, 0.25) is 0 Å². The van der Waals surface area contributed by atoms with Gasteiger partial charge in [0.05, 0.1) is 31.4 Å². The number of ether oxygens (including phenoxy) is 3. The quantitative estimate of drug-likeness (QED) is 0.315. The first kappa shape index (κ1) is 26.8. The Labute approximate surface area is 213 Å². The molecule has 0 spiro atoms. The van der Waals surface area contributed by atoms with Crippen LogP contribution in [0.25, 0.3) is 6.08 Å². The lowest BCUT2D eigenvalue weighted by molar-refractivity contribution is -0.113. The average Bonchev–Trinajstić information content (AvgIpc) is 2.88. The number of carbonyl (C=O) groups is 1. The van der Waals surface area contributed by atoms with Gasteiger partial charge in [0.15, 0.2) is 11.5 Å². The van der Waals surface area contributed by atoms with E-state index in [1.807, 2.05) is 0 Å². The van der Waals surface area contributed by atoms with Crippen molar-refractivity contribution in [3.05, 3.63) is 84.4 Å². The summed E-state index contributed by atoms with van der Waals surface area (Å²) in [5, 5.41) is 0. The molecule has 0 aliphatic heterocycles. The Balaban J connectivity index is 1.91. The van der Waals surface area contributed by atoms with E-state index >= 15 is 0 Å². The summed E-state index contributed by atoms with van der Waals surface area (Å²) in [6.07, 6.45) is 3.68. The normalized spacial score (nSPS) is 11.5. The van der Waals surface area contributed by atoms with Crippen molar-refractivity contribution in [2.24, 2.45) is 5.92 Å². The zero-order valence-corrected chi connectivity index (χ0v) is 21.7. The summed E-state index contributed by atoms with van der Waals surface area (Å²) in [6, 6.07) is 19.4. The molecule has 0 fully saturated rings. The average molecular weight is 510 g/mol. The van der Waals surface area contributed by atoms with E-state index in [-0.39, 0.29) is 10.6 Å². The van der Waals surface area contributed by atoms with Gasteiger partial charge in [0.25, 0.3) is 15.9 Å². The second kappa shape index (κ2) is 12.3. The minimum absolute atomic E-state index is 0.00661. The first-order valence-corrected chi connectivity index (χ1v) is 13.0. The van der Waals surface area contributed by atoms with Crippen LogP contribution in [-0.2, 0) is 14.8 Å². The molecule has 0 saturated carbocycles.